The summed E-state index contributed by atoms with van der Waals surface area (Å²) in [5.41, 5.74) is 8.19. The van der Waals surface area contributed by atoms with E-state index in [4.69, 9.17) is 10.5 Å². The van der Waals surface area contributed by atoms with Crippen molar-refractivity contribution in [3.05, 3.63) is 30.3 Å². The van der Waals surface area contributed by atoms with E-state index in [1.165, 1.54) is 11.8 Å². The molecule has 2 heterocycles. The summed E-state index contributed by atoms with van der Waals surface area (Å²) in [5.74, 6) is 1.06. The average Bonchev–Trinajstić information content (AvgIpc) is 2.90. The van der Waals surface area contributed by atoms with Crippen LogP contribution in [0.4, 0.5) is 5.95 Å². The van der Waals surface area contributed by atoms with Crippen LogP contribution in [0.25, 0.3) is 16.9 Å². The average molecular weight is 287 g/mol. The Balaban J connectivity index is 2.12. The SMILES string of the molecule is COc1ccc(-c2cc3nc(N)nc(SC)n3n2)cc1. The molecule has 0 saturated heterocycles. The van der Waals surface area contributed by atoms with Crippen LogP contribution in [0.1, 0.15) is 0 Å². The Kier molecular flexibility index (Phi) is 3.19. The summed E-state index contributed by atoms with van der Waals surface area (Å²) >= 11 is 1.48. The monoisotopic (exact) mass is 287 g/mol. The molecule has 0 fully saturated rings. The second-order valence-corrected chi connectivity index (χ2v) is 4.87. The van der Waals surface area contributed by atoms with E-state index in [9.17, 15) is 0 Å². The molecule has 0 aliphatic rings. The highest BCUT2D eigenvalue weighted by Gasteiger charge is 2.10. The second kappa shape index (κ2) is 5.01. The fourth-order valence-corrected chi connectivity index (χ4v) is 2.41. The Labute approximate surface area is 120 Å². The Hall–Kier alpha value is -2.28. The van der Waals surface area contributed by atoms with Crippen LogP contribution in [0, 0.1) is 0 Å². The predicted molar refractivity (Wildman–Crippen MR) is 79.0 cm³/mol. The highest BCUT2D eigenvalue weighted by atomic mass is 32.2. The number of thioether (sulfide) groups is 1. The predicted octanol–water partition coefficient (Wildman–Crippen LogP) is 2.10. The number of nitrogens with zero attached hydrogens (tertiary/aromatic N) is 4. The van der Waals surface area contributed by atoms with Crippen LogP contribution < -0.4 is 10.5 Å². The minimum absolute atomic E-state index is 0.253. The van der Waals surface area contributed by atoms with Crippen LogP contribution in [0.5, 0.6) is 5.75 Å². The zero-order valence-electron chi connectivity index (χ0n) is 11.1. The first kappa shape index (κ1) is 12.7. The Morgan fingerprint density at radius 3 is 2.60 bits per heavy atom. The van der Waals surface area contributed by atoms with E-state index in [1.807, 2.05) is 36.6 Å². The number of ether oxygens (including phenoxy) is 1. The molecular formula is C13H13N5OS. The lowest BCUT2D eigenvalue weighted by Gasteiger charge is -2.01. The molecule has 0 atom stereocenters. The van der Waals surface area contributed by atoms with Crippen molar-refractivity contribution in [3.63, 3.8) is 0 Å². The molecule has 0 aliphatic carbocycles. The van der Waals surface area contributed by atoms with Gasteiger partial charge in [-0.2, -0.15) is 19.6 Å². The van der Waals surface area contributed by atoms with Gasteiger partial charge in [-0.15, -0.1) is 0 Å². The summed E-state index contributed by atoms with van der Waals surface area (Å²) in [6, 6.07) is 9.59. The Morgan fingerprint density at radius 1 is 1.20 bits per heavy atom. The molecule has 0 spiro atoms. The number of anilines is 1. The molecule has 0 aliphatic heterocycles. The minimum atomic E-state index is 0.253. The molecule has 20 heavy (non-hydrogen) atoms. The van der Waals surface area contributed by atoms with Crippen molar-refractivity contribution in [3.8, 4) is 17.0 Å². The van der Waals surface area contributed by atoms with Gasteiger partial charge in [-0.25, -0.2) is 0 Å². The van der Waals surface area contributed by atoms with Gasteiger partial charge in [0.2, 0.25) is 5.95 Å². The molecule has 0 radical (unpaired) electrons. The lowest BCUT2D eigenvalue weighted by atomic mass is 10.1. The van der Waals surface area contributed by atoms with Crippen molar-refractivity contribution in [1.82, 2.24) is 19.6 Å². The van der Waals surface area contributed by atoms with E-state index >= 15 is 0 Å². The third kappa shape index (κ3) is 2.16. The number of benzene rings is 1. The number of aromatic nitrogens is 4. The van der Waals surface area contributed by atoms with Crippen molar-refractivity contribution in [1.29, 1.82) is 0 Å². The van der Waals surface area contributed by atoms with Gasteiger partial charge in [-0.3, -0.25) is 0 Å². The zero-order chi connectivity index (χ0) is 14.1. The van der Waals surface area contributed by atoms with E-state index in [-0.39, 0.29) is 5.95 Å². The Bertz CT molecular complexity index is 753. The number of methoxy groups -OCH3 is 1. The first-order valence-electron chi connectivity index (χ1n) is 5.93. The van der Waals surface area contributed by atoms with Gasteiger partial charge in [-0.1, -0.05) is 11.8 Å². The van der Waals surface area contributed by atoms with Gasteiger partial charge >= 0.3 is 0 Å². The van der Waals surface area contributed by atoms with Gasteiger partial charge in [0, 0.05) is 11.6 Å². The van der Waals surface area contributed by atoms with Gasteiger partial charge < -0.3 is 10.5 Å². The van der Waals surface area contributed by atoms with Crippen molar-refractivity contribution in [2.45, 2.75) is 5.16 Å². The third-order valence-corrected chi connectivity index (χ3v) is 3.51. The lowest BCUT2D eigenvalue weighted by Crippen LogP contribution is -2.03. The van der Waals surface area contributed by atoms with E-state index < -0.39 is 0 Å². The van der Waals surface area contributed by atoms with Gasteiger partial charge in [-0.05, 0) is 30.5 Å². The lowest BCUT2D eigenvalue weighted by molar-refractivity contribution is 0.415. The normalized spacial score (nSPS) is 10.9. The standard InChI is InChI=1S/C13H13N5OS/c1-19-9-5-3-8(4-6-9)10-7-11-15-12(14)16-13(20-2)18(11)17-10/h3-7H,1-2H3,(H2,14,15). The maximum atomic E-state index is 5.69. The third-order valence-electron chi connectivity index (χ3n) is 2.88. The molecule has 3 rings (SSSR count). The van der Waals surface area contributed by atoms with Gasteiger partial charge in [0.05, 0.1) is 12.8 Å². The van der Waals surface area contributed by atoms with Crippen LogP contribution in [0.3, 0.4) is 0 Å². The minimum Gasteiger partial charge on any atom is -0.497 e. The molecule has 7 heteroatoms. The topological polar surface area (TPSA) is 78.3 Å². The smallest absolute Gasteiger partial charge is 0.224 e. The van der Waals surface area contributed by atoms with Crippen molar-refractivity contribution in [2.24, 2.45) is 0 Å². The number of hydrogen-bond acceptors (Lipinski definition) is 6. The van der Waals surface area contributed by atoms with Gasteiger partial charge in [0.25, 0.3) is 0 Å². The first-order chi connectivity index (χ1) is 9.71. The van der Waals surface area contributed by atoms with Crippen LogP contribution in [0.2, 0.25) is 0 Å². The van der Waals surface area contributed by atoms with E-state index in [0.29, 0.717) is 10.8 Å². The molecule has 0 bridgehead atoms. The molecular weight excluding hydrogens is 274 g/mol. The summed E-state index contributed by atoms with van der Waals surface area (Å²) < 4.78 is 6.84. The van der Waals surface area contributed by atoms with Gasteiger partial charge in [0.15, 0.2) is 10.8 Å². The summed E-state index contributed by atoms with van der Waals surface area (Å²) in [6.07, 6.45) is 1.93. The summed E-state index contributed by atoms with van der Waals surface area (Å²) in [4.78, 5) is 8.36. The first-order valence-corrected chi connectivity index (χ1v) is 7.15. The van der Waals surface area contributed by atoms with Crippen LogP contribution in [-0.4, -0.2) is 32.9 Å². The quantitative estimate of drug-likeness (QED) is 0.743. The van der Waals surface area contributed by atoms with E-state index in [2.05, 4.69) is 15.1 Å². The zero-order valence-corrected chi connectivity index (χ0v) is 11.9. The van der Waals surface area contributed by atoms with Crippen LogP contribution in [0.15, 0.2) is 35.5 Å². The maximum Gasteiger partial charge on any atom is 0.224 e. The molecule has 2 N–H and O–H groups in total. The fourth-order valence-electron chi connectivity index (χ4n) is 1.91. The van der Waals surface area contributed by atoms with E-state index in [0.717, 1.165) is 17.0 Å². The molecule has 1 aromatic carbocycles. The maximum absolute atomic E-state index is 5.69. The molecule has 102 valence electrons. The van der Waals surface area contributed by atoms with Crippen molar-refractivity contribution < 1.29 is 4.74 Å². The highest BCUT2D eigenvalue weighted by Crippen LogP contribution is 2.24. The molecule has 0 unspecified atom stereocenters. The molecule has 0 saturated carbocycles. The molecule has 6 nitrogen and oxygen atoms in total. The molecule has 0 amide bonds. The van der Waals surface area contributed by atoms with E-state index in [1.54, 1.807) is 11.6 Å². The number of nitrogen functional groups attached to an aromatic ring is 1. The van der Waals surface area contributed by atoms with Crippen LogP contribution >= 0.6 is 11.8 Å². The largest absolute Gasteiger partial charge is 0.497 e. The second-order valence-electron chi connectivity index (χ2n) is 4.10. The van der Waals surface area contributed by atoms with Crippen LogP contribution in [-0.2, 0) is 0 Å². The summed E-state index contributed by atoms with van der Waals surface area (Å²) in [7, 11) is 1.64. The Morgan fingerprint density at radius 2 is 1.95 bits per heavy atom. The highest BCUT2D eigenvalue weighted by molar-refractivity contribution is 7.98. The molecule has 3 aromatic rings. The number of rotatable bonds is 3. The fraction of sp³-hybridized carbons (Fsp3) is 0.154. The molecule has 2 aromatic heterocycles. The van der Waals surface area contributed by atoms with Crippen molar-refractivity contribution >= 4 is 23.4 Å². The van der Waals surface area contributed by atoms with Gasteiger partial charge in [0.1, 0.15) is 5.75 Å². The summed E-state index contributed by atoms with van der Waals surface area (Å²) in [5, 5.41) is 5.24. The number of hydrogen-bond donors (Lipinski definition) is 1. The number of nitrogens with two attached hydrogens (primary N) is 1. The van der Waals surface area contributed by atoms with Crippen molar-refractivity contribution in [2.75, 3.05) is 19.1 Å². The summed E-state index contributed by atoms with van der Waals surface area (Å²) in [6.45, 7) is 0. The number of fused-ring (bicyclic) bond motifs is 1.